The van der Waals surface area contributed by atoms with Crippen LogP contribution in [0.25, 0.3) is 22.6 Å². The van der Waals surface area contributed by atoms with E-state index in [0.29, 0.717) is 6.42 Å². The van der Waals surface area contributed by atoms with Gasteiger partial charge in [-0.05, 0) is 37.0 Å². The Hall–Kier alpha value is -2.63. The van der Waals surface area contributed by atoms with Crippen molar-refractivity contribution < 1.29 is 4.79 Å². The van der Waals surface area contributed by atoms with Crippen molar-refractivity contribution in [1.82, 2.24) is 20.2 Å². The molecule has 3 aromatic rings. The summed E-state index contributed by atoms with van der Waals surface area (Å²) in [5.41, 5.74) is 7.17. The number of anilines is 1. The summed E-state index contributed by atoms with van der Waals surface area (Å²) in [6, 6.07) is 3.94. The van der Waals surface area contributed by atoms with Crippen molar-refractivity contribution in [3.05, 3.63) is 29.0 Å². The summed E-state index contributed by atoms with van der Waals surface area (Å²) in [4.78, 5) is 19.4. The normalized spacial score (nSPS) is 16.3. The van der Waals surface area contributed by atoms with E-state index in [1.807, 2.05) is 12.1 Å². The highest BCUT2D eigenvalue weighted by molar-refractivity contribution is 6.02. The van der Waals surface area contributed by atoms with Crippen LogP contribution in [0.4, 0.5) is 5.69 Å². The molecule has 0 unspecified atom stereocenters. The van der Waals surface area contributed by atoms with E-state index in [9.17, 15) is 4.79 Å². The number of hydrogen-bond donors (Lipinski definition) is 3. The molecule has 6 heteroatoms. The number of nitrogens with one attached hydrogen (secondary N) is 3. The summed E-state index contributed by atoms with van der Waals surface area (Å²) in [5.74, 6) is 0.849. The molecular formula is C15H13N5O. The Balaban J connectivity index is 1.67. The van der Waals surface area contributed by atoms with Crippen LogP contribution in [0.15, 0.2) is 12.1 Å². The molecule has 0 saturated heterocycles. The molecule has 3 heterocycles. The number of aromatic amines is 2. The Morgan fingerprint density at radius 2 is 2.14 bits per heavy atom. The zero-order valence-electron chi connectivity index (χ0n) is 11.3. The van der Waals surface area contributed by atoms with E-state index in [4.69, 9.17) is 0 Å². The fourth-order valence-corrected chi connectivity index (χ4v) is 3.36. The molecule has 0 bridgehead atoms. The summed E-state index contributed by atoms with van der Waals surface area (Å²) in [6.07, 6.45) is 3.75. The predicted octanol–water partition coefficient (Wildman–Crippen LogP) is 1.94. The molecule has 1 aliphatic heterocycles. The molecule has 0 radical (unpaired) electrons. The summed E-state index contributed by atoms with van der Waals surface area (Å²) in [7, 11) is 0. The highest BCUT2D eigenvalue weighted by Crippen LogP contribution is 2.32. The summed E-state index contributed by atoms with van der Waals surface area (Å²) in [5, 5.41) is 10.4. The van der Waals surface area contributed by atoms with Gasteiger partial charge in [0.1, 0.15) is 5.69 Å². The van der Waals surface area contributed by atoms with Gasteiger partial charge in [0.25, 0.3) is 0 Å². The molecule has 1 amide bonds. The third kappa shape index (κ3) is 1.50. The average molecular weight is 279 g/mol. The van der Waals surface area contributed by atoms with Crippen LogP contribution in [0.3, 0.4) is 0 Å². The van der Waals surface area contributed by atoms with Crippen LogP contribution in [0.5, 0.6) is 0 Å². The first-order valence-corrected chi connectivity index (χ1v) is 7.17. The van der Waals surface area contributed by atoms with Crippen molar-refractivity contribution in [3.8, 4) is 11.5 Å². The second-order valence-electron chi connectivity index (χ2n) is 5.72. The van der Waals surface area contributed by atoms with E-state index in [0.717, 1.165) is 46.6 Å². The van der Waals surface area contributed by atoms with Gasteiger partial charge in [0, 0.05) is 16.9 Å². The van der Waals surface area contributed by atoms with Gasteiger partial charge in [-0.2, -0.15) is 5.10 Å². The van der Waals surface area contributed by atoms with Crippen molar-refractivity contribution >= 4 is 22.6 Å². The fourth-order valence-electron chi connectivity index (χ4n) is 3.36. The molecule has 21 heavy (non-hydrogen) atoms. The molecule has 0 fully saturated rings. The van der Waals surface area contributed by atoms with Gasteiger partial charge in [-0.3, -0.25) is 9.89 Å². The lowest BCUT2D eigenvalue weighted by molar-refractivity contribution is -0.115. The van der Waals surface area contributed by atoms with Gasteiger partial charge < -0.3 is 10.3 Å². The van der Waals surface area contributed by atoms with Crippen molar-refractivity contribution in [1.29, 1.82) is 0 Å². The number of amides is 1. The predicted molar refractivity (Wildman–Crippen MR) is 78.0 cm³/mol. The van der Waals surface area contributed by atoms with E-state index in [-0.39, 0.29) is 5.91 Å². The largest absolute Gasteiger partial charge is 0.337 e. The maximum atomic E-state index is 11.4. The second-order valence-corrected chi connectivity index (χ2v) is 5.72. The molecular weight excluding hydrogens is 266 g/mol. The number of fused-ring (bicyclic) bond motifs is 3. The van der Waals surface area contributed by atoms with Crippen LogP contribution in [0, 0.1) is 0 Å². The van der Waals surface area contributed by atoms with E-state index in [1.54, 1.807) is 0 Å². The van der Waals surface area contributed by atoms with Gasteiger partial charge in [0.05, 0.1) is 17.5 Å². The zero-order chi connectivity index (χ0) is 14.0. The van der Waals surface area contributed by atoms with Crippen molar-refractivity contribution in [2.45, 2.75) is 25.7 Å². The van der Waals surface area contributed by atoms with Crippen LogP contribution < -0.4 is 5.32 Å². The third-order valence-corrected chi connectivity index (χ3v) is 4.36. The van der Waals surface area contributed by atoms with Gasteiger partial charge >= 0.3 is 0 Å². The first-order chi connectivity index (χ1) is 10.3. The molecule has 0 saturated carbocycles. The van der Waals surface area contributed by atoms with Gasteiger partial charge in [-0.1, -0.05) is 0 Å². The number of hydrogen-bond acceptors (Lipinski definition) is 3. The van der Waals surface area contributed by atoms with Gasteiger partial charge in [-0.15, -0.1) is 0 Å². The molecule has 5 rings (SSSR count). The molecule has 2 aliphatic rings. The highest BCUT2D eigenvalue weighted by Gasteiger charge is 2.23. The number of benzene rings is 1. The standard InChI is InChI=1S/C15H13N5O/c21-13-5-7-4-11-12(6-10(7)16-13)18-15(17-11)14-8-2-1-3-9(8)19-20-14/h4,6H,1-3,5H2,(H,16,21)(H,17,18)(H,19,20). The van der Waals surface area contributed by atoms with Crippen molar-refractivity contribution in [2.24, 2.45) is 0 Å². The number of carbonyl (C=O) groups excluding carboxylic acids is 1. The molecule has 1 aliphatic carbocycles. The van der Waals surface area contributed by atoms with E-state index >= 15 is 0 Å². The topological polar surface area (TPSA) is 86.5 Å². The molecule has 0 spiro atoms. The molecule has 104 valence electrons. The number of aryl methyl sites for hydroxylation is 1. The number of rotatable bonds is 1. The first kappa shape index (κ1) is 11.1. The van der Waals surface area contributed by atoms with Gasteiger partial charge in [0.15, 0.2) is 5.82 Å². The fraction of sp³-hybridized carbons (Fsp3) is 0.267. The zero-order valence-corrected chi connectivity index (χ0v) is 11.3. The summed E-state index contributed by atoms with van der Waals surface area (Å²) in [6.45, 7) is 0. The monoisotopic (exact) mass is 279 g/mol. The first-order valence-electron chi connectivity index (χ1n) is 7.17. The number of aromatic nitrogens is 4. The van der Waals surface area contributed by atoms with Crippen LogP contribution in [-0.2, 0) is 24.1 Å². The van der Waals surface area contributed by atoms with E-state index < -0.39 is 0 Å². The SMILES string of the molecule is O=C1Cc2cc3[nH]c(-c4n[nH]c5c4CCC5)nc3cc2N1. The molecule has 1 aromatic carbocycles. The van der Waals surface area contributed by atoms with Crippen molar-refractivity contribution in [3.63, 3.8) is 0 Å². The Bertz CT molecular complexity index is 859. The number of imidazole rings is 1. The lowest BCUT2D eigenvalue weighted by atomic mass is 10.1. The second kappa shape index (κ2) is 3.72. The van der Waals surface area contributed by atoms with Crippen LogP contribution in [0.1, 0.15) is 23.2 Å². The lowest BCUT2D eigenvalue weighted by Crippen LogP contribution is -2.03. The maximum Gasteiger partial charge on any atom is 0.228 e. The molecule has 2 aromatic heterocycles. The smallest absolute Gasteiger partial charge is 0.228 e. The van der Waals surface area contributed by atoms with Gasteiger partial charge in [-0.25, -0.2) is 4.98 Å². The Morgan fingerprint density at radius 3 is 3.10 bits per heavy atom. The number of carbonyl (C=O) groups is 1. The van der Waals surface area contributed by atoms with Crippen molar-refractivity contribution in [2.75, 3.05) is 5.32 Å². The Morgan fingerprint density at radius 1 is 1.19 bits per heavy atom. The molecule has 0 atom stereocenters. The summed E-state index contributed by atoms with van der Waals surface area (Å²) < 4.78 is 0. The van der Waals surface area contributed by atoms with Crippen LogP contribution >= 0.6 is 0 Å². The van der Waals surface area contributed by atoms with E-state index in [1.165, 1.54) is 17.7 Å². The number of H-pyrrole nitrogens is 2. The summed E-state index contributed by atoms with van der Waals surface area (Å²) >= 11 is 0. The maximum absolute atomic E-state index is 11.4. The third-order valence-electron chi connectivity index (χ3n) is 4.36. The quantitative estimate of drug-likeness (QED) is 0.636. The Kier molecular flexibility index (Phi) is 1.96. The van der Waals surface area contributed by atoms with Gasteiger partial charge in [0.2, 0.25) is 5.91 Å². The molecule has 3 N–H and O–H groups in total. The highest BCUT2D eigenvalue weighted by atomic mass is 16.1. The van der Waals surface area contributed by atoms with E-state index in [2.05, 4.69) is 25.5 Å². The Labute approximate surface area is 120 Å². The van der Waals surface area contributed by atoms with Crippen LogP contribution in [-0.4, -0.2) is 26.1 Å². The lowest BCUT2D eigenvalue weighted by Gasteiger charge is -1.96. The minimum Gasteiger partial charge on any atom is -0.337 e. The minimum absolute atomic E-state index is 0.0444. The molecule has 6 nitrogen and oxygen atoms in total. The van der Waals surface area contributed by atoms with Crippen LogP contribution in [0.2, 0.25) is 0 Å². The number of nitrogens with zero attached hydrogens (tertiary/aromatic N) is 2. The minimum atomic E-state index is 0.0444. The average Bonchev–Trinajstić information content (AvgIpc) is 3.15.